The summed E-state index contributed by atoms with van der Waals surface area (Å²) in [5, 5.41) is 5.58. The molecule has 2 aromatic rings. The van der Waals surface area contributed by atoms with Gasteiger partial charge in [-0.1, -0.05) is 60.7 Å². The molecule has 0 radical (unpaired) electrons. The van der Waals surface area contributed by atoms with Crippen LogP contribution in [0.1, 0.15) is 37.0 Å². The number of benzene rings is 2. The highest BCUT2D eigenvalue weighted by Gasteiger charge is 2.26. The molecule has 5 heteroatoms. The highest BCUT2D eigenvalue weighted by molar-refractivity contribution is 6.37. The Morgan fingerprint density at radius 3 is 2.40 bits per heavy atom. The molecule has 1 aliphatic heterocycles. The number of hydrogen-bond donors (Lipinski definition) is 0. The second-order valence-corrected chi connectivity index (χ2v) is 5.94. The summed E-state index contributed by atoms with van der Waals surface area (Å²) in [6.07, 6.45) is 0.210. The third kappa shape index (κ3) is 4.32. The van der Waals surface area contributed by atoms with Crippen LogP contribution >= 0.6 is 0 Å². The minimum atomic E-state index is -0.470. The molecule has 0 saturated heterocycles. The van der Waals surface area contributed by atoms with Gasteiger partial charge < -0.3 is 4.74 Å². The lowest BCUT2D eigenvalue weighted by Gasteiger charge is -2.23. The Hall–Kier alpha value is -2.95. The number of ether oxygens (including phenoxy) is 1. The highest BCUT2D eigenvalue weighted by atomic mass is 16.5. The molecule has 2 aromatic carbocycles. The number of carbonyl (C=O) groups excluding carboxylic acids is 2. The van der Waals surface area contributed by atoms with Crippen molar-refractivity contribution in [2.24, 2.45) is 5.10 Å². The van der Waals surface area contributed by atoms with Crippen molar-refractivity contribution in [2.45, 2.75) is 32.4 Å². The standard InChI is InChI=1S/C20H20N2O3/c1-15(17-10-6-3-7-11-17)25-20(24)18-12-13-19(23)22(21-18)14-16-8-4-2-5-9-16/h2-11,15H,12-14H2,1H3/t15-/m0/s1. The summed E-state index contributed by atoms with van der Waals surface area (Å²) in [5.41, 5.74) is 2.18. The molecule has 5 nitrogen and oxygen atoms in total. The molecule has 0 unspecified atom stereocenters. The predicted molar refractivity (Wildman–Crippen MR) is 94.6 cm³/mol. The summed E-state index contributed by atoms with van der Waals surface area (Å²) in [6, 6.07) is 19.1. The summed E-state index contributed by atoms with van der Waals surface area (Å²) < 4.78 is 5.50. The molecule has 128 valence electrons. The van der Waals surface area contributed by atoms with Gasteiger partial charge in [0.1, 0.15) is 11.8 Å². The number of hydrogen-bond acceptors (Lipinski definition) is 4. The molecule has 0 bridgehead atoms. The Bertz CT molecular complexity index is 772. The van der Waals surface area contributed by atoms with Crippen LogP contribution in [0.15, 0.2) is 65.8 Å². The molecule has 0 fully saturated rings. The van der Waals surface area contributed by atoms with Crippen LogP contribution in [0.2, 0.25) is 0 Å². The molecule has 25 heavy (non-hydrogen) atoms. The normalized spacial score (nSPS) is 15.5. The van der Waals surface area contributed by atoms with E-state index in [0.717, 1.165) is 11.1 Å². The number of rotatable bonds is 5. The van der Waals surface area contributed by atoms with Crippen LogP contribution < -0.4 is 0 Å². The van der Waals surface area contributed by atoms with Crippen molar-refractivity contribution in [1.29, 1.82) is 0 Å². The minimum absolute atomic E-state index is 0.0866. The fraction of sp³-hybridized carbons (Fsp3) is 0.250. The smallest absolute Gasteiger partial charge is 0.355 e. The Labute approximate surface area is 146 Å². The van der Waals surface area contributed by atoms with Crippen LogP contribution in [0.25, 0.3) is 0 Å². The van der Waals surface area contributed by atoms with Gasteiger partial charge in [-0.2, -0.15) is 5.10 Å². The monoisotopic (exact) mass is 336 g/mol. The zero-order chi connectivity index (χ0) is 17.6. The lowest BCUT2D eigenvalue weighted by Crippen LogP contribution is -2.34. The van der Waals surface area contributed by atoms with Gasteiger partial charge in [-0.3, -0.25) is 4.79 Å². The first-order chi connectivity index (χ1) is 12.1. The van der Waals surface area contributed by atoms with Crippen molar-refractivity contribution < 1.29 is 14.3 Å². The molecular weight excluding hydrogens is 316 g/mol. The molecule has 1 atom stereocenters. The van der Waals surface area contributed by atoms with Crippen molar-refractivity contribution in [1.82, 2.24) is 5.01 Å². The van der Waals surface area contributed by atoms with Gasteiger partial charge in [0.05, 0.1) is 6.54 Å². The lowest BCUT2D eigenvalue weighted by molar-refractivity contribution is -0.141. The van der Waals surface area contributed by atoms with E-state index in [2.05, 4.69) is 5.10 Å². The third-order valence-corrected chi connectivity index (χ3v) is 4.07. The molecule has 0 aliphatic carbocycles. The SMILES string of the molecule is C[C@H](OC(=O)C1=NN(Cc2ccccc2)C(=O)CC1)c1ccccc1. The Morgan fingerprint density at radius 1 is 1.08 bits per heavy atom. The van der Waals surface area contributed by atoms with Crippen molar-refractivity contribution in [3.63, 3.8) is 0 Å². The third-order valence-electron chi connectivity index (χ3n) is 4.07. The largest absolute Gasteiger partial charge is 0.453 e. The van der Waals surface area contributed by atoms with Crippen LogP contribution in [0, 0.1) is 0 Å². The van der Waals surface area contributed by atoms with Gasteiger partial charge in [0.15, 0.2) is 0 Å². The van der Waals surface area contributed by atoms with E-state index in [1.54, 1.807) is 0 Å². The van der Waals surface area contributed by atoms with Crippen LogP contribution in [0.3, 0.4) is 0 Å². The summed E-state index contributed by atoms with van der Waals surface area (Å²) in [7, 11) is 0. The molecule has 0 saturated carbocycles. The topological polar surface area (TPSA) is 59.0 Å². The first-order valence-corrected chi connectivity index (χ1v) is 8.31. The van der Waals surface area contributed by atoms with E-state index >= 15 is 0 Å². The molecule has 0 aromatic heterocycles. The summed E-state index contributed by atoms with van der Waals surface area (Å²) in [6.45, 7) is 2.17. The predicted octanol–water partition coefficient (Wildman–Crippen LogP) is 3.47. The molecule has 1 heterocycles. The van der Waals surface area contributed by atoms with Crippen LogP contribution in [0.4, 0.5) is 0 Å². The Balaban J connectivity index is 1.69. The number of carbonyl (C=O) groups is 2. The van der Waals surface area contributed by atoms with Gasteiger partial charge in [0.25, 0.3) is 0 Å². The highest BCUT2D eigenvalue weighted by Crippen LogP contribution is 2.19. The maximum atomic E-state index is 12.4. The Morgan fingerprint density at radius 2 is 1.72 bits per heavy atom. The van der Waals surface area contributed by atoms with Gasteiger partial charge in [0, 0.05) is 12.8 Å². The van der Waals surface area contributed by atoms with Crippen molar-refractivity contribution in [3.05, 3.63) is 71.8 Å². The van der Waals surface area contributed by atoms with Gasteiger partial charge >= 0.3 is 5.97 Å². The van der Waals surface area contributed by atoms with Crippen LogP contribution in [-0.2, 0) is 20.9 Å². The van der Waals surface area contributed by atoms with E-state index in [1.807, 2.05) is 67.6 Å². The van der Waals surface area contributed by atoms with Gasteiger partial charge in [-0.05, 0) is 18.1 Å². The molecule has 0 spiro atoms. The molecule has 0 N–H and O–H groups in total. The summed E-state index contributed by atoms with van der Waals surface area (Å²) in [4.78, 5) is 24.5. The van der Waals surface area contributed by atoms with Gasteiger partial charge in [0.2, 0.25) is 5.91 Å². The first-order valence-electron chi connectivity index (χ1n) is 8.31. The maximum Gasteiger partial charge on any atom is 0.355 e. The second kappa shape index (κ2) is 7.75. The van der Waals surface area contributed by atoms with E-state index in [4.69, 9.17) is 4.74 Å². The van der Waals surface area contributed by atoms with E-state index in [9.17, 15) is 9.59 Å². The van der Waals surface area contributed by atoms with E-state index in [0.29, 0.717) is 18.7 Å². The zero-order valence-corrected chi connectivity index (χ0v) is 14.1. The zero-order valence-electron chi connectivity index (χ0n) is 14.1. The number of esters is 1. The van der Waals surface area contributed by atoms with Crippen molar-refractivity contribution in [3.8, 4) is 0 Å². The quantitative estimate of drug-likeness (QED) is 0.786. The van der Waals surface area contributed by atoms with Crippen molar-refractivity contribution >= 4 is 17.6 Å². The molecule has 3 rings (SSSR count). The minimum Gasteiger partial charge on any atom is -0.453 e. The summed E-state index contributed by atoms with van der Waals surface area (Å²) in [5.74, 6) is -0.557. The lowest BCUT2D eigenvalue weighted by atomic mass is 10.1. The van der Waals surface area contributed by atoms with E-state index < -0.39 is 5.97 Å². The first kappa shape index (κ1) is 16.9. The van der Waals surface area contributed by atoms with Crippen LogP contribution in [-0.4, -0.2) is 22.6 Å². The van der Waals surface area contributed by atoms with Crippen LogP contribution in [0.5, 0.6) is 0 Å². The Kier molecular flexibility index (Phi) is 5.23. The van der Waals surface area contributed by atoms with Gasteiger partial charge in [-0.15, -0.1) is 0 Å². The molecule has 1 aliphatic rings. The average molecular weight is 336 g/mol. The number of amides is 1. The number of hydrazone groups is 1. The average Bonchev–Trinajstić information content (AvgIpc) is 2.65. The second-order valence-electron chi connectivity index (χ2n) is 5.94. The molecular formula is C20H20N2O3. The fourth-order valence-corrected chi connectivity index (χ4v) is 2.65. The number of nitrogens with zero attached hydrogens (tertiary/aromatic N) is 2. The summed E-state index contributed by atoms with van der Waals surface area (Å²) >= 11 is 0. The fourth-order valence-electron chi connectivity index (χ4n) is 2.65. The van der Waals surface area contributed by atoms with Gasteiger partial charge in [-0.25, -0.2) is 9.80 Å². The molecule has 1 amide bonds. The van der Waals surface area contributed by atoms with E-state index in [-0.39, 0.29) is 18.4 Å². The van der Waals surface area contributed by atoms with Crippen molar-refractivity contribution in [2.75, 3.05) is 0 Å². The maximum absolute atomic E-state index is 12.4. The van der Waals surface area contributed by atoms with E-state index in [1.165, 1.54) is 5.01 Å².